The van der Waals surface area contributed by atoms with Gasteiger partial charge in [0.25, 0.3) is 5.91 Å². The molecular formula is C21H16Cl2FN3OS. The van der Waals surface area contributed by atoms with Gasteiger partial charge in [0.15, 0.2) is 5.11 Å². The molecule has 0 fully saturated rings. The van der Waals surface area contributed by atoms with Crippen molar-refractivity contribution in [2.24, 2.45) is 5.73 Å². The number of nitrogens with zero attached hydrogens (tertiary/aromatic N) is 1. The van der Waals surface area contributed by atoms with Gasteiger partial charge in [-0.3, -0.25) is 4.79 Å². The number of nitrogens with one attached hydrogen (secondary N) is 1. The third-order valence-corrected chi connectivity index (χ3v) is 5.11. The van der Waals surface area contributed by atoms with Crippen molar-refractivity contribution >= 4 is 57.8 Å². The highest BCUT2D eigenvalue weighted by Crippen LogP contribution is 2.25. The summed E-state index contributed by atoms with van der Waals surface area (Å²) in [5, 5.41) is 3.75. The number of hydrogen-bond acceptors (Lipinski definition) is 2. The van der Waals surface area contributed by atoms with E-state index in [0.717, 1.165) is 11.3 Å². The van der Waals surface area contributed by atoms with Crippen LogP contribution in [0.4, 0.5) is 15.8 Å². The number of nitrogens with two attached hydrogens (primary N) is 1. The highest BCUT2D eigenvalue weighted by molar-refractivity contribution is 7.80. The van der Waals surface area contributed by atoms with Gasteiger partial charge >= 0.3 is 0 Å². The van der Waals surface area contributed by atoms with Crippen LogP contribution in [0.2, 0.25) is 10.0 Å². The van der Waals surface area contributed by atoms with Crippen LogP contribution in [0.5, 0.6) is 0 Å². The lowest BCUT2D eigenvalue weighted by molar-refractivity contribution is 0.102. The van der Waals surface area contributed by atoms with Crippen LogP contribution in [0, 0.1) is 5.82 Å². The van der Waals surface area contributed by atoms with Crippen LogP contribution in [-0.4, -0.2) is 11.0 Å². The van der Waals surface area contributed by atoms with Gasteiger partial charge in [0.05, 0.1) is 22.2 Å². The number of carbonyl (C=O) groups excluding carboxylic acids is 1. The van der Waals surface area contributed by atoms with Crippen molar-refractivity contribution in [1.82, 2.24) is 0 Å². The largest absolute Gasteiger partial charge is 0.376 e. The first-order chi connectivity index (χ1) is 13.8. The Morgan fingerprint density at radius 1 is 1.03 bits per heavy atom. The Morgan fingerprint density at radius 2 is 1.72 bits per heavy atom. The molecule has 0 heterocycles. The molecule has 0 atom stereocenters. The molecule has 0 unspecified atom stereocenters. The Hall–Kier alpha value is -2.67. The predicted molar refractivity (Wildman–Crippen MR) is 120 cm³/mol. The Morgan fingerprint density at radius 3 is 2.34 bits per heavy atom. The van der Waals surface area contributed by atoms with Crippen molar-refractivity contribution in [1.29, 1.82) is 0 Å². The van der Waals surface area contributed by atoms with E-state index in [4.69, 9.17) is 41.2 Å². The van der Waals surface area contributed by atoms with Gasteiger partial charge in [0.1, 0.15) is 5.82 Å². The summed E-state index contributed by atoms with van der Waals surface area (Å²) in [5.41, 5.74) is 7.98. The summed E-state index contributed by atoms with van der Waals surface area (Å²) in [7, 11) is 0. The molecule has 0 saturated carbocycles. The molecule has 0 bridgehead atoms. The van der Waals surface area contributed by atoms with Crippen molar-refractivity contribution in [3.8, 4) is 0 Å². The molecule has 3 N–H and O–H groups in total. The minimum Gasteiger partial charge on any atom is -0.376 e. The van der Waals surface area contributed by atoms with E-state index in [2.05, 4.69) is 5.32 Å². The third-order valence-electron chi connectivity index (χ3n) is 4.15. The molecule has 0 aliphatic heterocycles. The van der Waals surface area contributed by atoms with Crippen LogP contribution in [0.1, 0.15) is 15.9 Å². The van der Waals surface area contributed by atoms with Crippen LogP contribution in [0.15, 0.2) is 66.7 Å². The topological polar surface area (TPSA) is 58.4 Å². The fourth-order valence-corrected chi connectivity index (χ4v) is 3.18. The van der Waals surface area contributed by atoms with E-state index in [1.165, 1.54) is 18.2 Å². The fraction of sp³-hybridized carbons (Fsp3) is 0.0476. The van der Waals surface area contributed by atoms with Gasteiger partial charge in [-0.2, -0.15) is 0 Å². The van der Waals surface area contributed by atoms with Crippen molar-refractivity contribution in [2.45, 2.75) is 6.54 Å². The minimum atomic E-state index is -0.581. The van der Waals surface area contributed by atoms with Crippen LogP contribution in [0.25, 0.3) is 0 Å². The molecule has 0 saturated heterocycles. The van der Waals surface area contributed by atoms with E-state index in [-0.39, 0.29) is 10.7 Å². The smallest absolute Gasteiger partial charge is 0.258 e. The van der Waals surface area contributed by atoms with E-state index in [1.807, 2.05) is 6.07 Å². The Bertz CT molecular complexity index is 1060. The normalized spacial score (nSPS) is 10.4. The second-order valence-electron chi connectivity index (χ2n) is 6.15. The molecule has 1 amide bonds. The Kier molecular flexibility index (Phi) is 6.69. The summed E-state index contributed by atoms with van der Waals surface area (Å²) in [6.45, 7) is 0.396. The molecular weight excluding hydrogens is 432 g/mol. The number of hydrogen-bond donors (Lipinski definition) is 2. The maximum Gasteiger partial charge on any atom is 0.258 e. The molecule has 148 valence electrons. The first-order valence-corrected chi connectivity index (χ1v) is 9.68. The standard InChI is InChI=1S/C21H16Cl2FN3OS/c22-17-10-5-13(11-18(17)23)12-27(21(25)29)15-8-6-14(7-9-15)26-20(28)16-3-1-2-4-19(16)24/h1-11H,12H2,(H2,25,29)(H,26,28). The van der Waals surface area contributed by atoms with Crippen molar-refractivity contribution < 1.29 is 9.18 Å². The molecule has 0 spiro atoms. The first kappa shape index (κ1) is 21.0. The van der Waals surface area contributed by atoms with Gasteiger partial charge in [-0.25, -0.2) is 4.39 Å². The maximum atomic E-state index is 13.7. The molecule has 29 heavy (non-hydrogen) atoms. The lowest BCUT2D eigenvalue weighted by atomic mass is 10.1. The first-order valence-electron chi connectivity index (χ1n) is 8.52. The van der Waals surface area contributed by atoms with Crippen molar-refractivity contribution in [2.75, 3.05) is 10.2 Å². The molecule has 4 nitrogen and oxygen atoms in total. The Balaban J connectivity index is 1.76. The summed E-state index contributed by atoms with van der Waals surface area (Å²) < 4.78 is 13.7. The van der Waals surface area contributed by atoms with E-state index < -0.39 is 11.7 Å². The number of halogens is 3. The maximum absolute atomic E-state index is 13.7. The summed E-state index contributed by atoms with van der Waals surface area (Å²) in [6, 6.07) is 18.0. The lowest BCUT2D eigenvalue weighted by Crippen LogP contribution is -2.34. The second-order valence-corrected chi connectivity index (χ2v) is 7.39. The zero-order valence-corrected chi connectivity index (χ0v) is 17.4. The summed E-state index contributed by atoms with van der Waals surface area (Å²) in [6.07, 6.45) is 0. The SMILES string of the molecule is NC(=S)N(Cc1ccc(Cl)c(Cl)c1)c1ccc(NC(=O)c2ccccc2F)cc1. The average molecular weight is 448 g/mol. The molecule has 3 aromatic rings. The van der Waals surface area contributed by atoms with Crippen LogP contribution in [0.3, 0.4) is 0 Å². The fourth-order valence-electron chi connectivity index (χ4n) is 2.69. The van der Waals surface area contributed by atoms with Gasteiger partial charge in [0.2, 0.25) is 0 Å². The molecule has 8 heteroatoms. The molecule has 0 radical (unpaired) electrons. The van der Waals surface area contributed by atoms with Crippen LogP contribution >= 0.6 is 35.4 Å². The zero-order valence-electron chi connectivity index (χ0n) is 15.0. The zero-order chi connectivity index (χ0) is 21.0. The van der Waals surface area contributed by atoms with E-state index in [0.29, 0.717) is 22.3 Å². The van der Waals surface area contributed by atoms with E-state index >= 15 is 0 Å². The summed E-state index contributed by atoms with van der Waals surface area (Å²) in [5.74, 6) is -1.11. The van der Waals surface area contributed by atoms with Gasteiger partial charge in [-0.1, -0.05) is 41.4 Å². The molecule has 0 aliphatic rings. The van der Waals surface area contributed by atoms with E-state index in [9.17, 15) is 9.18 Å². The average Bonchev–Trinajstić information content (AvgIpc) is 2.69. The monoisotopic (exact) mass is 447 g/mol. The molecule has 3 rings (SSSR count). The van der Waals surface area contributed by atoms with Gasteiger partial charge in [0, 0.05) is 11.4 Å². The van der Waals surface area contributed by atoms with Gasteiger partial charge in [-0.05, 0) is 66.3 Å². The number of rotatable bonds is 5. The summed E-state index contributed by atoms with van der Waals surface area (Å²) in [4.78, 5) is 14.0. The van der Waals surface area contributed by atoms with Crippen molar-refractivity contribution in [3.63, 3.8) is 0 Å². The molecule has 0 aliphatic carbocycles. The Labute approximate surface area is 183 Å². The highest BCUT2D eigenvalue weighted by atomic mass is 35.5. The molecule has 0 aromatic heterocycles. The van der Waals surface area contributed by atoms with Gasteiger partial charge in [-0.15, -0.1) is 0 Å². The lowest BCUT2D eigenvalue weighted by Gasteiger charge is -2.23. The summed E-state index contributed by atoms with van der Waals surface area (Å²) >= 11 is 17.2. The third kappa shape index (κ3) is 5.23. The van der Waals surface area contributed by atoms with E-state index in [1.54, 1.807) is 47.4 Å². The number of anilines is 2. The number of thiocarbonyl (C=S) groups is 1. The van der Waals surface area contributed by atoms with Crippen molar-refractivity contribution in [3.05, 3.63) is 93.7 Å². The number of carbonyl (C=O) groups is 1. The second kappa shape index (κ2) is 9.22. The predicted octanol–water partition coefficient (Wildman–Crippen LogP) is 5.64. The van der Waals surface area contributed by atoms with Gasteiger partial charge < -0.3 is 16.0 Å². The number of benzene rings is 3. The minimum absolute atomic E-state index is 0.0269. The highest BCUT2D eigenvalue weighted by Gasteiger charge is 2.13. The quantitative estimate of drug-likeness (QED) is 0.497. The van der Waals surface area contributed by atoms with Crippen LogP contribution in [-0.2, 0) is 6.54 Å². The number of amides is 1. The molecule has 3 aromatic carbocycles. The van der Waals surface area contributed by atoms with Crippen LogP contribution < -0.4 is 16.0 Å².